The molecular weight excluding hydrogens is 305 g/mol. The van der Waals surface area contributed by atoms with Crippen molar-refractivity contribution in [2.45, 2.75) is 33.7 Å². The molecule has 0 bridgehead atoms. The zero-order valence-electron chi connectivity index (χ0n) is 15.4. The van der Waals surface area contributed by atoms with Crippen LogP contribution in [0.1, 0.15) is 33.3 Å². The molecule has 1 N–H and O–H groups in total. The fraction of sp³-hybridized carbons (Fsp3) is 0.500. The third kappa shape index (κ3) is 3.20. The number of rotatable bonds is 5. The predicted octanol–water partition coefficient (Wildman–Crippen LogP) is 4.06. The second-order valence-corrected chi connectivity index (χ2v) is 6.94. The summed E-state index contributed by atoms with van der Waals surface area (Å²) in [6.45, 7) is 8.50. The molecule has 132 valence electrons. The summed E-state index contributed by atoms with van der Waals surface area (Å²) >= 11 is 0. The van der Waals surface area contributed by atoms with Gasteiger partial charge in [0.15, 0.2) is 0 Å². The second kappa shape index (κ2) is 7.39. The van der Waals surface area contributed by atoms with E-state index >= 15 is 0 Å². The zero-order chi connectivity index (χ0) is 18.0. The lowest BCUT2D eigenvalue weighted by molar-refractivity contribution is 0.192. The third-order valence-electron chi connectivity index (χ3n) is 4.62. The Kier molecular flexibility index (Phi) is 5.70. The molecule has 1 aliphatic heterocycles. The Morgan fingerprint density at radius 2 is 1.75 bits per heavy atom. The highest BCUT2D eigenvalue weighted by Gasteiger charge is 2.36. The average Bonchev–Trinajstić information content (AvgIpc) is 2.53. The van der Waals surface area contributed by atoms with Gasteiger partial charge in [-0.1, -0.05) is 39.8 Å². The minimum absolute atomic E-state index is 0.0574. The molecule has 0 amide bonds. The molecule has 0 spiro atoms. The van der Waals surface area contributed by atoms with Crippen molar-refractivity contribution in [3.8, 4) is 0 Å². The fourth-order valence-corrected chi connectivity index (χ4v) is 3.80. The monoisotopic (exact) mass is 333 g/mol. The highest BCUT2D eigenvalue weighted by atomic mass is 19.1. The van der Waals surface area contributed by atoms with Crippen molar-refractivity contribution in [1.82, 2.24) is 4.90 Å². The van der Waals surface area contributed by atoms with Crippen molar-refractivity contribution in [2.24, 2.45) is 11.8 Å². The molecule has 0 saturated carbocycles. The summed E-state index contributed by atoms with van der Waals surface area (Å²) in [6.07, 6.45) is 0. The molecule has 0 radical (unpaired) electrons. The van der Waals surface area contributed by atoms with Crippen molar-refractivity contribution in [3.05, 3.63) is 52.7 Å². The normalized spacial score (nSPS) is 18.9. The fourth-order valence-electron chi connectivity index (χ4n) is 3.80. The van der Waals surface area contributed by atoms with Crippen molar-refractivity contribution < 1.29 is 14.2 Å². The van der Waals surface area contributed by atoms with Gasteiger partial charge in [0.2, 0.25) is 0 Å². The average molecular weight is 333 g/mol. The summed E-state index contributed by atoms with van der Waals surface area (Å²) in [5.74, 6) is 1.08. The molecule has 4 heteroatoms. The summed E-state index contributed by atoms with van der Waals surface area (Å²) < 4.78 is 19.1. The van der Waals surface area contributed by atoms with Crippen molar-refractivity contribution in [3.63, 3.8) is 0 Å². The van der Waals surface area contributed by atoms with Crippen LogP contribution in [-0.4, -0.2) is 36.8 Å². The zero-order valence-corrected chi connectivity index (χ0v) is 15.4. The van der Waals surface area contributed by atoms with E-state index in [4.69, 9.17) is 4.74 Å². The molecular formula is C20H28FNO2. The van der Waals surface area contributed by atoms with Crippen LogP contribution in [0.2, 0.25) is 0 Å². The number of nitrogens with zero attached hydrogens (tertiary/aromatic N) is 1. The van der Waals surface area contributed by atoms with E-state index in [0.717, 1.165) is 28.2 Å². The van der Waals surface area contributed by atoms with Crippen molar-refractivity contribution >= 4 is 5.57 Å². The van der Waals surface area contributed by atoms with E-state index in [1.54, 1.807) is 19.2 Å². The van der Waals surface area contributed by atoms with Crippen LogP contribution in [-0.2, 0) is 4.74 Å². The van der Waals surface area contributed by atoms with Gasteiger partial charge in [0.1, 0.15) is 11.6 Å². The Morgan fingerprint density at radius 3 is 2.17 bits per heavy atom. The molecule has 1 heterocycles. The Labute approximate surface area is 144 Å². The van der Waals surface area contributed by atoms with E-state index in [-0.39, 0.29) is 24.4 Å². The first-order chi connectivity index (χ1) is 11.3. The number of hydrogen-bond donors (Lipinski definition) is 1. The van der Waals surface area contributed by atoms with Gasteiger partial charge in [0.05, 0.1) is 25.5 Å². The molecule has 1 atom stereocenters. The lowest BCUT2D eigenvalue weighted by atomic mass is 9.82. The molecule has 0 saturated heterocycles. The number of benzene rings is 1. The lowest BCUT2D eigenvalue weighted by Crippen LogP contribution is -2.43. The van der Waals surface area contributed by atoms with E-state index < -0.39 is 0 Å². The molecule has 0 aliphatic carbocycles. The van der Waals surface area contributed by atoms with Gasteiger partial charge in [-0.25, -0.2) is 4.39 Å². The van der Waals surface area contributed by atoms with Crippen LogP contribution in [0, 0.1) is 17.7 Å². The largest absolute Gasteiger partial charge is 0.494 e. The number of halogens is 1. The SMILES string of the molecule is COC1=C(C(C)C)N(C)C(C(C)C)C(CO)=C1c1ccc(F)cc1. The number of hydrogen-bond acceptors (Lipinski definition) is 3. The van der Waals surface area contributed by atoms with Crippen LogP contribution in [0.25, 0.3) is 5.57 Å². The third-order valence-corrected chi connectivity index (χ3v) is 4.62. The van der Waals surface area contributed by atoms with Crippen molar-refractivity contribution in [1.29, 1.82) is 0 Å². The lowest BCUT2D eigenvalue weighted by Gasteiger charge is -2.43. The number of aliphatic hydroxyl groups excluding tert-OH is 1. The number of likely N-dealkylation sites (N-methyl/N-ethyl adjacent to an activating group) is 1. The summed E-state index contributed by atoms with van der Waals surface area (Å²) in [6, 6.07) is 6.47. The van der Waals surface area contributed by atoms with Gasteiger partial charge in [-0.05, 0) is 35.1 Å². The van der Waals surface area contributed by atoms with Crippen LogP contribution in [0.15, 0.2) is 41.3 Å². The number of aliphatic hydroxyl groups is 1. The van der Waals surface area contributed by atoms with Gasteiger partial charge in [0.25, 0.3) is 0 Å². The predicted molar refractivity (Wildman–Crippen MR) is 95.7 cm³/mol. The number of allylic oxidation sites excluding steroid dienone is 2. The first kappa shape index (κ1) is 18.5. The van der Waals surface area contributed by atoms with Gasteiger partial charge < -0.3 is 14.7 Å². The van der Waals surface area contributed by atoms with Gasteiger partial charge in [-0.2, -0.15) is 0 Å². The molecule has 1 unspecified atom stereocenters. The van der Waals surface area contributed by atoms with Crippen molar-refractivity contribution in [2.75, 3.05) is 20.8 Å². The molecule has 0 fully saturated rings. The maximum absolute atomic E-state index is 13.4. The maximum Gasteiger partial charge on any atom is 0.146 e. The van der Waals surface area contributed by atoms with E-state index in [9.17, 15) is 9.50 Å². The Hall–Kier alpha value is -1.81. The van der Waals surface area contributed by atoms with E-state index in [1.165, 1.54) is 12.1 Å². The Bertz CT molecular complexity index is 644. The molecule has 1 aliphatic rings. The van der Waals surface area contributed by atoms with E-state index in [1.807, 2.05) is 0 Å². The van der Waals surface area contributed by atoms with Crippen LogP contribution < -0.4 is 0 Å². The Morgan fingerprint density at radius 1 is 1.17 bits per heavy atom. The number of methoxy groups -OCH3 is 1. The molecule has 24 heavy (non-hydrogen) atoms. The highest BCUT2D eigenvalue weighted by Crippen LogP contribution is 2.42. The maximum atomic E-state index is 13.4. The minimum Gasteiger partial charge on any atom is -0.494 e. The smallest absolute Gasteiger partial charge is 0.146 e. The van der Waals surface area contributed by atoms with Gasteiger partial charge in [-0.3, -0.25) is 0 Å². The van der Waals surface area contributed by atoms with Crippen LogP contribution in [0.4, 0.5) is 4.39 Å². The van der Waals surface area contributed by atoms with Gasteiger partial charge in [0, 0.05) is 12.6 Å². The van der Waals surface area contributed by atoms with E-state index in [0.29, 0.717) is 5.92 Å². The first-order valence-corrected chi connectivity index (χ1v) is 8.44. The van der Waals surface area contributed by atoms with Gasteiger partial charge >= 0.3 is 0 Å². The van der Waals surface area contributed by atoms with Crippen LogP contribution in [0.5, 0.6) is 0 Å². The first-order valence-electron chi connectivity index (χ1n) is 8.44. The summed E-state index contributed by atoms with van der Waals surface area (Å²) in [5.41, 5.74) is 3.78. The van der Waals surface area contributed by atoms with Crippen LogP contribution in [0.3, 0.4) is 0 Å². The molecule has 0 aromatic heterocycles. The molecule has 3 nitrogen and oxygen atoms in total. The Balaban J connectivity index is 2.78. The highest BCUT2D eigenvalue weighted by molar-refractivity contribution is 5.82. The summed E-state index contributed by atoms with van der Waals surface area (Å²) in [7, 11) is 3.70. The standard InChI is InChI=1S/C20H28FNO2/c1-12(2)18-16(11-23)17(14-7-9-15(21)10-8-14)20(24-6)19(13(3)4)22(18)5/h7-10,12-13,18,23H,11H2,1-6H3. The van der Waals surface area contributed by atoms with Crippen LogP contribution >= 0.6 is 0 Å². The summed E-state index contributed by atoms with van der Waals surface area (Å²) in [4.78, 5) is 2.22. The minimum atomic E-state index is -0.273. The topological polar surface area (TPSA) is 32.7 Å². The summed E-state index contributed by atoms with van der Waals surface area (Å²) in [5, 5.41) is 10.1. The molecule has 1 aromatic carbocycles. The quantitative estimate of drug-likeness (QED) is 0.882. The second-order valence-electron chi connectivity index (χ2n) is 6.94. The van der Waals surface area contributed by atoms with Gasteiger partial charge in [-0.15, -0.1) is 0 Å². The molecule has 2 rings (SSSR count). The van der Waals surface area contributed by atoms with E-state index in [2.05, 4.69) is 39.6 Å². The molecule has 1 aromatic rings. The number of ether oxygens (including phenoxy) is 1.